The highest BCUT2D eigenvalue weighted by Gasteiger charge is 2.33. The third-order valence-corrected chi connectivity index (χ3v) is 4.64. The van der Waals surface area contributed by atoms with Crippen LogP contribution in [0.2, 0.25) is 0 Å². The highest BCUT2D eigenvalue weighted by molar-refractivity contribution is 5.32. The van der Waals surface area contributed by atoms with Crippen LogP contribution in [-0.4, -0.2) is 41.0 Å². The van der Waals surface area contributed by atoms with Gasteiger partial charge in [-0.15, -0.1) is 0 Å². The summed E-state index contributed by atoms with van der Waals surface area (Å²) in [6.45, 7) is 7.96. The molecule has 0 radical (unpaired) electrons. The van der Waals surface area contributed by atoms with Crippen LogP contribution in [0.25, 0.3) is 0 Å². The van der Waals surface area contributed by atoms with Gasteiger partial charge in [-0.2, -0.15) is 13.2 Å². The number of rotatable bonds is 4. The van der Waals surface area contributed by atoms with Crippen molar-refractivity contribution in [3.63, 3.8) is 0 Å². The quantitative estimate of drug-likeness (QED) is 0.823. The second-order valence-electron chi connectivity index (χ2n) is 6.90. The SMILES string of the molecule is CC(C)c1ccc(CN2CCN(c3nccc(C(F)(F)F)n3)CC2)cc1. The summed E-state index contributed by atoms with van der Waals surface area (Å²) < 4.78 is 38.4. The van der Waals surface area contributed by atoms with Crippen LogP contribution in [0.5, 0.6) is 0 Å². The molecule has 2 heterocycles. The number of benzene rings is 1. The predicted octanol–water partition coefficient (Wildman–Crippen LogP) is 3.94. The number of anilines is 1. The predicted molar refractivity (Wildman–Crippen MR) is 95.1 cm³/mol. The van der Waals surface area contributed by atoms with Crippen molar-refractivity contribution in [2.24, 2.45) is 0 Å². The van der Waals surface area contributed by atoms with Crippen LogP contribution in [0.1, 0.15) is 36.6 Å². The Kier molecular flexibility index (Phi) is 5.46. The first-order valence-electron chi connectivity index (χ1n) is 8.79. The molecule has 4 nitrogen and oxygen atoms in total. The van der Waals surface area contributed by atoms with Crippen molar-refractivity contribution in [2.75, 3.05) is 31.1 Å². The number of nitrogens with zero attached hydrogens (tertiary/aromatic N) is 4. The van der Waals surface area contributed by atoms with E-state index in [9.17, 15) is 13.2 Å². The molecule has 0 bridgehead atoms. The summed E-state index contributed by atoms with van der Waals surface area (Å²) in [5, 5.41) is 0. The Morgan fingerprint density at radius 2 is 1.65 bits per heavy atom. The summed E-state index contributed by atoms with van der Waals surface area (Å²) in [7, 11) is 0. The van der Waals surface area contributed by atoms with Gasteiger partial charge in [0.2, 0.25) is 5.95 Å². The van der Waals surface area contributed by atoms with Crippen LogP contribution in [0, 0.1) is 0 Å². The zero-order valence-corrected chi connectivity index (χ0v) is 15.0. The topological polar surface area (TPSA) is 32.3 Å². The van der Waals surface area contributed by atoms with E-state index in [-0.39, 0.29) is 5.95 Å². The minimum atomic E-state index is -4.44. The van der Waals surface area contributed by atoms with Gasteiger partial charge in [0.15, 0.2) is 0 Å². The molecule has 1 aliphatic heterocycles. The van der Waals surface area contributed by atoms with Crippen LogP contribution in [0.3, 0.4) is 0 Å². The maximum Gasteiger partial charge on any atom is 0.433 e. The molecule has 0 atom stereocenters. The van der Waals surface area contributed by atoms with Crippen LogP contribution < -0.4 is 4.90 Å². The first kappa shape index (κ1) is 18.6. The first-order valence-corrected chi connectivity index (χ1v) is 8.79. The molecular formula is C19H23F3N4. The molecule has 140 valence electrons. The minimum absolute atomic E-state index is 0.153. The Hall–Kier alpha value is -2.15. The normalized spacial score (nSPS) is 16.3. The molecule has 0 spiro atoms. The highest BCUT2D eigenvalue weighted by atomic mass is 19.4. The maximum absolute atomic E-state index is 12.8. The fraction of sp³-hybridized carbons (Fsp3) is 0.474. The maximum atomic E-state index is 12.8. The number of aromatic nitrogens is 2. The summed E-state index contributed by atoms with van der Waals surface area (Å²) in [6.07, 6.45) is -3.27. The largest absolute Gasteiger partial charge is 0.433 e. The van der Waals surface area contributed by atoms with E-state index in [0.29, 0.717) is 19.0 Å². The summed E-state index contributed by atoms with van der Waals surface area (Å²) in [6, 6.07) is 9.52. The third kappa shape index (κ3) is 4.52. The van der Waals surface area contributed by atoms with E-state index in [1.54, 1.807) is 0 Å². The van der Waals surface area contributed by atoms with E-state index < -0.39 is 11.9 Å². The van der Waals surface area contributed by atoms with E-state index >= 15 is 0 Å². The summed E-state index contributed by atoms with van der Waals surface area (Å²) in [4.78, 5) is 11.8. The summed E-state index contributed by atoms with van der Waals surface area (Å²) >= 11 is 0. The standard InChI is InChI=1S/C19H23F3N4/c1-14(2)16-5-3-15(4-6-16)13-25-9-11-26(12-10-25)18-23-8-7-17(24-18)19(20,21)22/h3-8,14H,9-13H2,1-2H3. The average Bonchev–Trinajstić information content (AvgIpc) is 2.62. The number of halogens is 3. The second kappa shape index (κ2) is 7.61. The Balaban J connectivity index is 1.57. The molecule has 1 aromatic carbocycles. The van der Waals surface area contributed by atoms with E-state index in [1.165, 1.54) is 17.3 Å². The Bertz CT molecular complexity index is 720. The molecule has 0 N–H and O–H groups in total. The zero-order valence-electron chi connectivity index (χ0n) is 15.0. The molecule has 1 aromatic heterocycles. The van der Waals surface area contributed by atoms with E-state index in [4.69, 9.17) is 0 Å². The third-order valence-electron chi connectivity index (χ3n) is 4.64. The van der Waals surface area contributed by atoms with Crippen LogP contribution >= 0.6 is 0 Å². The van der Waals surface area contributed by atoms with Gasteiger partial charge in [0.25, 0.3) is 0 Å². The molecule has 1 fully saturated rings. The summed E-state index contributed by atoms with van der Waals surface area (Å²) in [5.74, 6) is 0.667. The van der Waals surface area contributed by atoms with E-state index in [2.05, 4.69) is 53.0 Å². The fourth-order valence-corrected chi connectivity index (χ4v) is 3.03. The highest BCUT2D eigenvalue weighted by Crippen LogP contribution is 2.28. The number of hydrogen-bond acceptors (Lipinski definition) is 4. The molecule has 0 saturated carbocycles. The molecule has 0 aliphatic carbocycles. The summed E-state index contributed by atoms with van der Waals surface area (Å²) in [5.41, 5.74) is 1.67. The van der Waals surface area contributed by atoms with Gasteiger partial charge >= 0.3 is 6.18 Å². The van der Waals surface area contributed by atoms with Crippen LogP contribution in [0.15, 0.2) is 36.5 Å². The van der Waals surface area contributed by atoms with Gasteiger partial charge in [-0.3, -0.25) is 4.90 Å². The van der Waals surface area contributed by atoms with Crippen molar-refractivity contribution in [2.45, 2.75) is 32.5 Å². The van der Waals surface area contributed by atoms with Crippen LogP contribution in [0.4, 0.5) is 19.1 Å². The fourth-order valence-electron chi connectivity index (χ4n) is 3.03. The second-order valence-corrected chi connectivity index (χ2v) is 6.90. The molecular weight excluding hydrogens is 341 g/mol. The monoisotopic (exact) mass is 364 g/mol. The van der Waals surface area contributed by atoms with E-state index in [1.807, 2.05) is 4.90 Å². The van der Waals surface area contributed by atoms with Gasteiger partial charge in [-0.05, 0) is 23.1 Å². The number of piperazine rings is 1. The number of alkyl halides is 3. The Labute approximate surface area is 151 Å². The van der Waals surface area contributed by atoms with Gasteiger partial charge in [-0.25, -0.2) is 9.97 Å². The molecule has 3 rings (SSSR count). The van der Waals surface area contributed by atoms with Crippen molar-refractivity contribution in [3.05, 3.63) is 53.3 Å². The molecule has 0 unspecified atom stereocenters. The van der Waals surface area contributed by atoms with Gasteiger partial charge in [0.05, 0.1) is 0 Å². The zero-order chi connectivity index (χ0) is 18.7. The lowest BCUT2D eigenvalue weighted by atomic mass is 10.0. The van der Waals surface area contributed by atoms with Crippen molar-refractivity contribution >= 4 is 5.95 Å². The first-order chi connectivity index (χ1) is 12.3. The van der Waals surface area contributed by atoms with Crippen molar-refractivity contribution in [1.82, 2.24) is 14.9 Å². The van der Waals surface area contributed by atoms with Crippen molar-refractivity contribution < 1.29 is 13.2 Å². The van der Waals surface area contributed by atoms with Gasteiger partial charge in [0, 0.05) is 38.9 Å². The van der Waals surface area contributed by atoms with Gasteiger partial charge in [0.1, 0.15) is 5.69 Å². The minimum Gasteiger partial charge on any atom is -0.338 e. The molecule has 2 aromatic rings. The smallest absolute Gasteiger partial charge is 0.338 e. The van der Waals surface area contributed by atoms with Crippen molar-refractivity contribution in [3.8, 4) is 0 Å². The Morgan fingerprint density at radius 1 is 1.00 bits per heavy atom. The van der Waals surface area contributed by atoms with E-state index in [0.717, 1.165) is 25.7 Å². The van der Waals surface area contributed by atoms with Crippen LogP contribution in [-0.2, 0) is 12.7 Å². The number of hydrogen-bond donors (Lipinski definition) is 0. The van der Waals surface area contributed by atoms with Gasteiger partial charge < -0.3 is 4.90 Å². The Morgan fingerprint density at radius 3 is 2.23 bits per heavy atom. The molecule has 1 saturated heterocycles. The molecule has 7 heteroatoms. The molecule has 26 heavy (non-hydrogen) atoms. The average molecular weight is 364 g/mol. The lowest BCUT2D eigenvalue weighted by Crippen LogP contribution is -2.46. The molecule has 0 amide bonds. The lowest BCUT2D eigenvalue weighted by Gasteiger charge is -2.34. The van der Waals surface area contributed by atoms with Gasteiger partial charge in [-0.1, -0.05) is 38.1 Å². The molecule has 1 aliphatic rings. The van der Waals surface area contributed by atoms with Crippen molar-refractivity contribution in [1.29, 1.82) is 0 Å². The lowest BCUT2D eigenvalue weighted by molar-refractivity contribution is -0.141.